The fourth-order valence-corrected chi connectivity index (χ4v) is 3.31. The third-order valence-electron chi connectivity index (χ3n) is 4.62. The number of aromatic hydroxyl groups is 1. The van der Waals surface area contributed by atoms with Crippen LogP contribution in [0.15, 0.2) is 71.2 Å². The second-order valence-electron chi connectivity index (χ2n) is 6.25. The van der Waals surface area contributed by atoms with Gasteiger partial charge >= 0.3 is 0 Å². The summed E-state index contributed by atoms with van der Waals surface area (Å²) in [6, 6.07) is 18.4. The Morgan fingerprint density at radius 3 is 2.65 bits per heavy atom. The third kappa shape index (κ3) is 2.25. The molecule has 1 atom stereocenters. The standard InChI is InChI=1S/C21H14N2O3/c24-14-8-5-13(6-9-14)19-22-20(25)17-11-16-15-4-2-1-3-12(15)7-10-18(16)26-21(17)23-19/h1-11,21,24H,(H,22,23,25)/t21-/m1/s1. The van der Waals surface area contributed by atoms with Gasteiger partial charge in [0, 0.05) is 11.1 Å². The summed E-state index contributed by atoms with van der Waals surface area (Å²) in [5, 5.41) is 14.4. The molecule has 2 N–H and O–H groups in total. The van der Waals surface area contributed by atoms with Crippen molar-refractivity contribution in [3.05, 3.63) is 77.4 Å². The van der Waals surface area contributed by atoms with Crippen molar-refractivity contribution in [1.82, 2.24) is 5.32 Å². The van der Waals surface area contributed by atoms with Crippen LogP contribution in [0.2, 0.25) is 0 Å². The maximum atomic E-state index is 12.6. The van der Waals surface area contributed by atoms with Crippen LogP contribution < -0.4 is 10.1 Å². The molecular formula is C21H14N2O3. The molecule has 5 rings (SSSR count). The average Bonchev–Trinajstić information content (AvgIpc) is 2.67. The summed E-state index contributed by atoms with van der Waals surface area (Å²) in [6.07, 6.45) is 1.18. The van der Waals surface area contributed by atoms with E-state index in [9.17, 15) is 9.90 Å². The van der Waals surface area contributed by atoms with Crippen molar-refractivity contribution in [3.8, 4) is 11.5 Å². The highest BCUT2D eigenvalue weighted by Gasteiger charge is 2.33. The van der Waals surface area contributed by atoms with Gasteiger partial charge in [-0.2, -0.15) is 0 Å². The number of amides is 1. The molecule has 0 spiro atoms. The molecule has 2 heterocycles. The fraction of sp³-hybridized carbons (Fsp3) is 0.0476. The van der Waals surface area contributed by atoms with Crippen LogP contribution in [0.5, 0.6) is 11.5 Å². The molecule has 2 aliphatic heterocycles. The molecule has 0 bridgehead atoms. The van der Waals surface area contributed by atoms with E-state index in [0.717, 1.165) is 16.3 Å². The van der Waals surface area contributed by atoms with E-state index in [4.69, 9.17) is 4.74 Å². The Balaban J connectivity index is 1.61. The number of nitrogens with one attached hydrogen (secondary N) is 1. The topological polar surface area (TPSA) is 70.9 Å². The lowest BCUT2D eigenvalue weighted by Crippen LogP contribution is -2.43. The van der Waals surface area contributed by atoms with Crippen molar-refractivity contribution in [2.45, 2.75) is 6.23 Å². The first-order chi connectivity index (χ1) is 12.7. The third-order valence-corrected chi connectivity index (χ3v) is 4.62. The van der Waals surface area contributed by atoms with Crippen molar-refractivity contribution in [2.75, 3.05) is 0 Å². The van der Waals surface area contributed by atoms with Gasteiger partial charge in [-0.15, -0.1) is 0 Å². The summed E-state index contributed by atoms with van der Waals surface area (Å²) >= 11 is 0. The molecule has 0 radical (unpaired) electrons. The molecule has 0 aliphatic carbocycles. The number of rotatable bonds is 1. The number of nitrogens with zero attached hydrogens (tertiary/aromatic N) is 1. The molecule has 0 fully saturated rings. The van der Waals surface area contributed by atoms with E-state index in [1.807, 2.05) is 42.5 Å². The van der Waals surface area contributed by atoms with Crippen molar-refractivity contribution in [3.63, 3.8) is 0 Å². The largest absolute Gasteiger partial charge is 0.508 e. The highest BCUT2D eigenvalue weighted by Crippen LogP contribution is 2.36. The number of carbonyl (C=O) groups excluding carboxylic acids is 1. The molecule has 0 saturated heterocycles. The van der Waals surface area contributed by atoms with Gasteiger partial charge in [-0.05, 0) is 47.2 Å². The number of amidine groups is 1. The highest BCUT2D eigenvalue weighted by atomic mass is 16.5. The zero-order valence-corrected chi connectivity index (χ0v) is 13.6. The quantitative estimate of drug-likeness (QED) is 0.713. The van der Waals surface area contributed by atoms with Crippen LogP contribution in [0.1, 0.15) is 11.1 Å². The molecule has 0 unspecified atom stereocenters. The van der Waals surface area contributed by atoms with Crippen molar-refractivity contribution in [2.24, 2.45) is 4.99 Å². The number of aliphatic imine (C=N–C) groups is 1. The van der Waals surface area contributed by atoms with Crippen molar-refractivity contribution in [1.29, 1.82) is 0 Å². The summed E-state index contributed by atoms with van der Waals surface area (Å²) < 4.78 is 6.02. The Morgan fingerprint density at radius 1 is 1.00 bits per heavy atom. The number of ether oxygens (including phenoxy) is 1. The summed E-state index contributed by atoms with van der Waals surface area (Å²) in [7, 11) is 0. The number of hydrogen-bond acceptors (Lipinski definition) is 4. The summed E-state index contributed by atoms with van der Waals surface area (Å²) in [5.41, 5.74) is 2.09. The van der Waals surface area contributed by atoms with Gasteiger partial charge in [0.1, 0.15) is 17.3 Å². The lowest BCUT2D eigenvalue weighted by Gasteiger charge is -2.29. The number of fused-ring (bicyclic) bond motifs is 4. The predicted octanol–water partition coefficient (Wildman–Crippen LogP) is 3.22. The molecule has 26 heavy (non-hydrogen) atoms. The van der Waals surface area contributed by atoms with Gasteiger partial charge in [0.25, 0.3) is 5.91 Å². The minimum atomic E-state index is -0.679. The van der Waals surface area contributed by atoms with Gasteiger partial charge in [-0.3, -0.25) is 4.79 Å². The van der Waals surface area contributed by atoms with Gasteiger partial charge in [-0.1, -0.05) is 30.3 Å². The predicted molar refractivity (Wildman–Crippen MR) is 99.1 cm³/mol. The van der Waals surface area contributed by atoms with Crippen molar-refractivity contribution < 1.29 is 14.6 Å². The minimum Gasteiger partial charge on any atom is -0.508 e. The molecule has 2 aliphatic rings. The number of hydrogen-bond donors (Lipinski definition) is 2. The molecular weight excluding hydrogens is 328 g/mol. The Hall–Kier alpha value is -3.60. The summed E-state index contributed by atoms with van der Waals surface area (Å²) in [4.78, 5) is 17.2. The Labute approximate surface area is 149 Å². The van der Waals surface area contributed by atoms with Crippen LogP contribution in [-0.2, 0) is 4.79 Å². The minimum absolute atomic E-state index is 0.159. The second-order valence-corrected chi connectivity index (χ2v) is 6.25. The molecule has 126 valence electrons. The van der Waals surface area contributed by atoms with E-state index < -0.39 is 6.23 Å². The first-order valence-corrected chi connectivity index (χ1v) is 8.27. The maximum absolute atomic E-state index is 12.6. The van der Waals surface area contributed by atoms with E-state index in [1.54, 1.807) is 24.3 Å². The Kier molecular flexibility index (Phi) is 3.09. The zero-order chi connectivity index (χ0) is 17.7. The van der Waals surface area contributed by atoms with Crippen LogP contribution in [-0.4, -0.2) is 23.1 Å². The first-order valence-electron chi connectivity index (χ1n) is 8.27. The molecule has 1 amide bonds. The summed E-state index contributed by atoms with van der Waals surface area (Å²) in [6.45, 7) is 0. The molecule has 5 nitrogen and oxygen atoms in total. The monoisotopic (exact) mass is 342 g/mol. The molecule has 0 aromatic heterocycles. The molecule has 5 heteroatoms. The average molecular weight is 342 g/mol. The molecule has 3 aromatic carbocycles. The van der Waals surface area contributed by atoms with Gasteiger partial charge < -0.3 is 15.2 Å². The number of phenols is 1. The van der Waals surface area contributed by atoms with Crippen molar-refractivity contribution >= 4 is 28.6 Å². The normalized spacial score (nSPS) is 18.2. The molecule has 3 aromatic rings. The lowest BCUT2D eigenvalue weighted by atomic mass is 9.97. The van der Waals surface area contributed by atoms with E-state index in [2.05, 4.69) is 10.3 Å². The zero-order valence-electron chi connectivity index (χ0n) is 13.6. The maximum Gasteiger partial charge on any atom is 0.258 e. The number of benzene rings is 3. The van der Waals surface area contributed by atoms with Crippen LogP contribution >= 0.6 is 0 Å². The fourth-order valence-electron chi connectivity index (χ4n) is 3.31. The van der Waals surface area contributed by atoms with E-state index in [-0.39, 0.29) is 11.7 Å². The first kappa shape index (κ1) is 14.7. The summed E-state index contributed by atoms with van der Waals surface area (Å²) in [5.74, 6) is 1.07. The second kappa shape index (κ2) is 5.46. The van der Waals surface area contributed by atoms with Gasteiger partial charge in [-0.25, -0.2) is 4.99 Å². The van der Waals surface area contributed by atoms with E-state index in [0.29, 0.717) is 22.7 Å². The van der Waals surface area contributed by atoms with E-state index >= 15 is 0 Å². The van der Waals surface area contributed by atoms with Crippen LogP contribution in [0.25, 0.3) is 16.8 Å². The Morgan fingerprint density at radius 2 is 1.81 bits per heavy atom. The van der Waals surface area contributed by atoms with Crippen LogP contribution in [0.3, 0.4) is 0 Å². The smallest absolute Gasteiger partial charge is 0.258 e. The van der Waals surface area contributed by atoms with Crippen LogP contribution in [0.4, 0.5) is 0 Å². The Bertz CT molecular complexity index is 1110. The van der Waals surface area contributed by atoms with Gasteiger partial charge in [0.15, 0.2) is 0 Å². The SMILES string of the molecule is O=C1NC(c2ccc(O)cc2)=N[C@@H]2Oc3ccc4ccccc4c3C=C12. The van der Waals surface area contributed by atoms with Crippen LogP contribution in [0, 0.1) is 0 Å². The lowest BCUT2D eigenvalue weighted by molar-refractivity contribution is -0.117. The van der Waals surface area contributed by atoms with Gasteiger partial charge in [0.05, 0.1) is 5.57 Å². The highest BCUT2D eigenvalue weighted by molar-refractivity contribution is 6.17. The van der Waals surface area contributed by atoms with E-state index in [1.165, 1.54) is 0 Å². The molecule has 0 saturated carbocycles. The number of carbonyl (C=O) groups is 1. The number of phenolic OH excluding ortho intramolecular Hbond substituents is 1. The van der Waals surface area contributed by atoms with Gasteiger partial charge in [0.2, 0.25) is 6.23 Å².